The van der Waals surface area contributed by atoms with E-state index in [0.29, 0.717) is 0 Å². The van der Waals surface area contributed by atoms with Gasteiger partial charge in [-0.25, -0.2) is 14.0 Å². The van der Waals surface area contributed by atoms with E-state index >= 15 is 4.39 Å². The van der Waals surface area contributed by atoms with Gasteiger partial charge in [0.15, 0.2) is 11.4 Å². The van der Waals surface area contributed by atoms with Crippen LogP contribution in [0.5, 0.6) is 0 Å². The fraction of sp³-hybridized carbons (Fsp3) is 0.595. The summed E-state index contributed by atoms with van der Waals surface area (Å²) >= 11 is 0. The van der Waals surface area contributed by atoms with Crippen molar-refractivity contribution < 1.29 is 37.8 Å². The minimum absolute atomic E-state index is 0.148. The van der Waals surface area contributed by atoms with Crippen molar-refractivity contribution in [2.45, 2.75) is 110 Å². The van der Waals surface area contributed by atoms with E-state index in [4.69, 9.17) is 14.2 Å². The van der Waals surface area contributed by atoms with Gasteiger partial charge < -0.3 is 19.5 Å². The first-order valence-corrected chi connectivity index (χ1v) is 16.5. The van der Waals surface area contributed by atoms with Crippen LogP contribution in [0.4, 0.5) is 9.18 Å². The van der Waals surface area contributed by atoms with Crippen LogP contribution in [0.1, 0.15) is 80.7 Å². The van der Waals surface area contributed by atoms with Crippen molar-refractivity contribution in [3.63, 3.8) is 0 Å². The van der Waals surface area contributed by atoms with Crippen LogP contribution in [-0.2, 0) is 28.6 Å². The van der Waals surface area contributed by atoms with Gasteiger partial charge in [-0.3, -0.25) is 14.6 Å². The molecular weight excluding hydrogens is 603 g/mol. The molecule has 3 fully saturated rings. The summed E-state index contributed by atoms with van der Waals surface area (Å²) in [5.41, 5.74) is -4.49. The number of hydrogen-bond donors (Lipinski definition) is 1. The highest BCUT2D eigenvalue weighted by Gasteiger charge is 2.62. The third-order valence-corrected chi connectivity index (χ3v) is 10.6. The number of halogens is 1. The zero-order valence-corrected chi connectivity index (χ0v) is 28.8. The van der Waals surface area contributed by atoms with Crippen molar-refractivity contribution in [3.8, 4) is 0 Å². The molecule has 3 aliphatic heterocycles. The zero-order chi connectivity index (χ0) is 34.7. The van der Waals surface area contributed by atoms with Crippen molar-refractivity contribution in [2.75, 3.05) is 0 Å². The van der Waals surface area contributed by atoms with Gasteiger partial charge in [0.1, 0.15) is 11.9 Å². The molecule has 1 aromatic heterocycles. The van der Waals surface area contributed by atoms with Crippen LogP contribution in [0.2, 0.25) is 0 Å². The first-order chi connectivity index (χ1) is 21.8. The van der Waals surface area contributed by atoms with Crippen molar-refractivity contribution in [1.82, 2.24) is 10.3 Å². The number of nitrogens with one attached hydrogen (secondary N) is 1. The highest BCUT2D eigenvalue weighted by molar-refractivity contribution is 6.07. The third-order valence-electron chi connectivity index (χ3n) is 10.6. The van der Waals surface area contributed by atoms with Gasteiger partial charge in [-0.2, -0.15) is 0 Å². The Balaban J connectivity index is 1.64. The summed E-state index contributed by atoms with van der Waals surface area (Å²) in [6, 6.07) is 8.87. The third kappa shape index (κ3) is 6.09. The summed E-state index contributed by atoms with van der Waals surface area (Å²) in [7, 11) is 0. The van der Waals surface area contributed by atoms with Crippen LogP contribution in [-0.4, -0.2) is 63.7 Å². The van der Waals surface area contributed by atoms with Gasteiger partial charge in [-0.05, 0) is 56.7 Å². The van der Waals surface area contributed by atoms with Crippen molar-refractivity contribution in [1.29, 1.82) is 0 Å². The predicted molar refractivity (Wildman–Crippen MR) is 175 cm³/mol. The number of carbonyl (C=O) groups excluding carboxylic acids is 4. The van der Waals surface area contributed by atoms with Crippen molar-refractivity contribution in [2.24, 2.45) is 29.1 Å². The largest absolute Gasteiger partial charge is 0.455 e. The number of ether oxygens (including phenoxy) is 3. The molecule has 5 rings (SSSR count). The number of hydrogen-bond acceptors (Lipinski definition) is 8. The molecule has 10 atom stereocenters. The van der Waals surface area contributed by atoms with Gasteiger partial charge in [0.2, 0.25) is 0 Å². The fourth-order valence-electron chi connectivity index (χ4n) is 8.69. The van der Waals surface area contributed by atoms with E-state index in [-0.39, 0.29) is 18.6 Å². The molecule has 3 saturated heterocycles. The first kappa shape index (κ1) is 34.7. The van der Waals surface area contributed by atoms with Gasteiger partial charge >= 0.3 is 12.1 Å². The Labute approximate surface area is 276 Å². The maximum atomic E-state index is 16.4. The number of Topliss-reactive ketones (excluding diaryl/α,β-unsaturated/α-hetero) is 2. The Kier molecular flexibility index (Phi) is 8.92. The number of aromatic nitrogens is 1. The SMILES string of the molecule is CC[C@H]1OC(=O)[C@@](C)(F)C(=O)[C@H](C)[C@@H](C(C)(C)C)[C@@]2(C)C[C@H](C(=O)[C@H](C)[C@H]3NC(=O)O[C@@]31C)C(/C=C/c1cnc3ccccc3c1)O2. The van der Waals surface area contributed by atoms with Crippen LogP contribution in [0.15, 0.2) is 42.6 Å². The summed E-state index contributed by atoms with van der Waals surface area (Å²) < 4.78 is 34.6. The number of pyridine rings is 1. The number of esters is 1. The number of para-hydroxylation sites is 1. The number of rotatable bonds is 3. The van der Waals surface area contributed by atoms with E-state index in [1.807, 2.05) is 70.2 Å². The number of alkyl halides is 1. The standard InChI is InChI=1S/C37H47FN2O7/c1-10-27-37(9)30(40-33(44)47-37)20(2)28(41)24-18-35(7,29(34(4,5)6)21(3)31(42)36(8,38)32(43)45-27)46-26(24)16-15-22-17-23-13-11-12-14-25(23)39-19-22/h11-17,19-21,24,26-27,29-30H,10,18H2,1-9H3,(H,40,44)/b16-15+/t20-,21+,24-,26?,27+,29-,30+,35+,36-,37+/m0/s1. The Morgan fingerprint density at radius 1 is 1.06 bits per heavy atom. The van der Waals surface area contributed by atoms with Crippen LogP contribution >= 0.6 is 0 Å². The molecule has 0 saturated carbocycles. The lowest BCUT2D eigenvalue weighted by atomic mass is 9.61. The van der Waals surface area contributed by atoms with Gasteiger partial charge in [0.05, 0.1) is 29.2 Å². The fourth-order valence-corrected chi connectivity index (χ4v) is 8.69. The zero-order valence-electron chi connectivity index (χ0n) is 28.8. The number of benzene rings is 1. The molecule has 4 heterocycles. The molecule has 2 bridgehead atoms. The molecule has 0 radical (unpaired) electrons. The molecule has 1 aromatic carbocycles. The number of fused-ring (bicyclic) bond motifs is 4. The van der Waals surface area contributed by atoms with Crippen LogP contribution in [0.25, 0.3) is 17.0 Å². The summed E-state index contributed by atoms with van der Waals surface area (Å²) in [4.78, 5) is 59.3. The first-order valence-electron chi connectivity index (χ1n) is 16.5. The highest BCUT2D eigenvalue weighted by Crippen LogP contribution is 2.52. The number of nitrogens with zero attached hydrogens (tertiary/aromatic N) is 1. The lowest BCUT2D eigenvalue weighted by molar-refractivity contribution is -0.181. The number of alkyl carbamates (subject to hydrolysis) is 1. The second kappa shape index (κ2) is 12.1. The number of carbonyl (C=O) groups is 4. The number of ketones is 2. The lowest BCUT2D eigenvalue weighted by Crippen LogP contribution is -2.59. The normalized spacial score (nSPS) is 38.6. The van der Waals surface area contributed by atoms with E-state index in [2.05, 4.69) is 10.3 Å². The molecule has 254 valence electrons. The van der Waals surface area contributed by atoms with E-state index in [0.717, 1.165) is 23.4 Å². The Morgan fingerprint density at radius 3 is 2.40 bits per heavy atom. The van der Waals surface area contributed by atoms with E-state index in [1.165, 1.54) is 0 Å². The minimum atomic E-state index is -2.99. The predicted octanol–water partition coefficient (Wildman–Crippen LogP) is 6.42. The lowest BCUT2D eigenvalue weighted by Gasteiger charge is -2.46. The van der Waals surface area contributed by atoms with Crippen LogP contribution in [0, 0.1) is 29.1 Å². The smallest absolute Gasteiger partial charge is 0.408 e. The van der Waals surface area contributed by atoms with E-state index < -0.39 is 82.1 Å². The van der Waals surface area contributed by atoms with Gasteiger partial charge in [0.25, 0.3) is 5.67 Å². The van der Waals surface area contributed by atoms with E-state index in [1.54, 1.807) is 33.9 Å². The Bertz CT molecular complexity index is 1620. The van der Waals surface area contributed by atoms with Gasteiger partial charge in [0, 0.05) is 29.3 Å². The monoisotopic (exact) mass is 650 g/mol. The summed E-state index contributed by atoms with van der Waals surface area (Å²) in [6.07, 6.45) is 3.25. The molecule has 47 heavy (non-hydrogen) atoms. The molecule has 0 aliphatic carbocycles. The molecule has 1 N–H and O–H groups in total. The molecule has 2 aromatic rings. The number of amides is 1. The van der Waals surface area contributed by atoms with Crippen molar-refractivity contribution >= 4 is 40.6 Å². The molecule has 9 nitrogen and oxygen atoms in total. The van der Waals surface area contributed by atoms with Crippen LogP contribution in [0.3, 0.4) is 0 Å². The van der Waals surface area contributed by atoms with Crippen molar-refractivity contribution in [3.05, 3.63) is 48.2 Å². The maximum absolute atomic E-state index is 16.4. The Hall–Kier alpha value is -3.66. The Morgan fingerprint density at radius 2 is 1.74 bits per heavy atom. The van der Waals surface area contributed by atoms with Gasteiger partial charge in [-0.15, -0.1) is 0 Å². The van der Waals surface area contributed by atoms with Gasteiger partial charge in [-0.1, -0.05) is 71.9 Å². The molecular formula is C37H47FN2O7. The second-order valence-corrected chi connectivity index (χ2v) is 15.2. The molecule has 3 aliphatic rings. The molecule has 10 heteroatoms. The molecule has 1 unspecified atom stereocenters. The van der Waals surface area contributed by atoms with E-state index in [9.17, 15) is 19.2 Å². The second-order valence-electron chi connectivity index (χ2n) is 15.2. The quantitative estimate of drug-likeness (QED) is 0.299. The summed E-state index contributed by atoms with van der Waals surface area (Å²) in [5, 5.41) is 3.73. The maximum Gasteiger partial charge on any atom is 0.408 e. The molecule has 0 spiro atoms. The van der Waals surface area contributed by atoms with Crippen LogP contribution < -0.4 is 5.32 Å². The minimum Gasteiger partial charge on any atom is -0.455 e. The topological polar surface area (TPSA) is 121 Å². The average Bonchev–Trinajstić information content (AvgIpc) is 3.51. The summed E-state index contributed by atoms with van der Waals surface area (Å²) in [5.74, 6) is -5.49. The molecule has 1 amide bonds. The number of cyclic esters (lactones) is 1. The summed E-state index contributed by atoms with van der Waals surface area (Å²) in [6.45, 7) is 15.2. The highest BCUT2D eigenvalue weighted by atomic mass is 19.1. The average molecular weight is 651 g/mol.